The van der Waals surface area contributed by atoms with Gasteiger partial charge in [-0.2, -0.15) is 0 Å². The monoisotopic (exact) mass is 722 g/mol. The lowest BCUT2D eigenvalue weighted by Crippen LogP contribution is -2.10. The Morgan fingerprint density at radius 3 is 0.852 bits per heavy atom. The van der Waals surface area contributed by atoms with Crippen LogP contribution in [0, 0.1) is 0 Å². The number of carbonyl (C=O) groups excluding carboxylic acids is 2. The summed E-state index contributed by atoms with van der Waals surface area (Å²) in [4.78, 5) is 24.9. The van der Waals surface area contributed by atoms with Gasteiger partial charge in [0.05, 0.1) is 27.4 Å². The van der Waals surface area contributed by atoms with Crippen molar-refractivity contribution in [3.05, 3.63) is 146 Å². The first kappa shape index (κ1) is 37.2. The third-order valence-electron chi connectivity index (χ3n) is 8.65. The smallest absolute Gasteiger partial charge is 0.311 e. The third kappa shape index (κ3) is 10.7. The van der Waals surface area contributed by atoms with Crippen molar-refractivity contribution >= 4 is 11.9 Å². The average molecular weight is 723 g/mol. The summed E-state index contributed by atoms with van der Waals surface area (Å²) < 4.78 is 33.1. The van der Waals surface area contributed by atoms with E-state index in [2.05, 4.69) is 0 Å². The molecule has 6 rings (SSSR count). The van der Waals surface area contributed by atoms with E-state index in [1.165, 1.54) is 0 Å². The minimum Gasteiger partial charge on any atom is -0.497 e. The molecule has 0 saturated carbocycles. The second-order valence-corrected chi connectivity index (χ2v) is 12.4. The molecule has 8 nitrogen and oxygen atoms in total. The molecule has 0 fully saturated rings. The zero-order chi connectivity index (χ0) is 37.5. The van der Waals surface area contributed by atoms with E-state index in [9.17, 15) is 9.59 Å². The van der Waals surface area contributed by atoms with E-state index in [1.807, 2.05) is 121 Å². The summed E-state index contributed by atoms with van der Waals surface area (Å²) in [5, 5.41) is 0. The van der Waals surface area contributed by atoms with Crippen LogP contribution in [0.25, 0.3) is 33.4 Å². The van der Waals surface area contributed by atoms with Crippen LogP contribution in [0.4, 0.5) is 0 Å². The van der Waals surface area contributed by atoms with Gasteiger partial charge in [0.25, 0.3) is 0 Å². The van der Waals surface area contributed by atoms with Crippen molar-refractivity contribution in [2.75, 3.05) is 27.4 Å². The molecule has 274 valence electrons. The molecule has 0 spiro atoms. The van der Waals surface area contributed by atoms with Crippen molar-refractivity contribution in [2.24, 2.45) is 0 Å². The summed E-state index contributed by atoms with van der Waals surface area (Å²) in [5.41, 5.74) is 6.22. The molecule has 0 aliphatic carbocycles. The zero-order valence-corrected chi connectivity index (χ0v) is 30.4. The van der Waals surface area contributed by atoms with Crippen LogP contribution in [0.5, 0.6) is 34.5 Å². The topological polar surface area (TPSA) is 89.5 Å². The van der Waals surface area contributed by atoms with E-state index in [0.29, 0.717) is 37.6 Å². The van der Waals surface area contributed by atoms with Crippen molar-refractivity contribution in [1.29, 1.82) is 0 Å². The van der Waals surface area contributed by atoms with Gasteiger partial charge in [0, 0.05) is 12.8 Å². The summed E-state index contributed by atoms with van der Waals surface area (Å²) >= 11 is 0. The highest BCUT2D eigenvalue weighted by Gasteiger charge is 2.09. The molecule has 0 aromatic heterocycles. The molecule has 54 heavy (non-hydrogen) atoms. The van der Waals surface area contributed by atoms with E-state index in [4.69, 9.17) is 28.4 Å². The van der Waals surface area contributed by atoms with Crippen molar-refractivity contribution in [3.8, 4) is 67.9 Å². The molecular weight excluding hydrogens is 680 g/mol. The highest BCUT2D eigenvalue weighted by atomic mass is 16.5. The maximum Gasteiger partial charge on any atom is 0.311 e. The van der Waals surface area contributed by atoms with Gasteiger partial charge in [-0.05, 0) is 119 Å². The Balaban J connectivity index is 0.861. The molecule has 0 bridgehead atoms. The number of esters is 2. The first-order valence-corrected chi connectivity index (χ1v) is 17.8. The van der Waals surface area contributed by atoms with Crippen LogP contribution in [0.3, 0.4) is 0 Å². The first-order valence-electron chi connectivity index (χ1n) is 17.8. The largest absolute Gasteiger partial charge is 0.497 e. The van der Waals surface area contributed by atoms with Gasteiger partial charge in [-0.1, -0.05) is 72.8 Å². The van der Waals surface area contributed by atoms with Gasteiger partial charge in [0.1, 0.15) is 34.5 Å². The normalized spacial score (nSPS) is 10.6. The van der Waals surface area contributed by atoms with E-state index in [-0.39, 0.29) is 24.8 Å². The van der Waals surface area contributed by atoms with E-state index in [1.54, 1.807) is 38.5 Å². The molecule has 0 radical (unpaired) electrons. The van der Waals surface area contributed by atoms with Gasteiger partial charge < -0.3 is 28.4 Å². The Bertz CT molecular complexity index is 1920. The molecule has 0 saturated heterocycles. The number of carbonyl (C=O) groups is 2. The van der Waals surface area contributed by atoms with Gasteiger partial charge in [0.15, 0.2) is 0 Å². The van der Waals surface area contributed by atoms with E-state index < -0.39 is 0 Å². The van der Waals surface area contributed by atoms with Crippen molar-refractivity contribution < 1.29 is 38.0 Å². The molecular formula is C46H42O8. The molecule has 0 unspecified atom stereocenters. The minimum atomic E-state index is -0.321. The molecule has 0 amide bonds. The number of ether oxygens (including phenoxy) is 6. The van der Waals surface area contributed by atoms with Crippen LogP contribution < -0.4 is 28.4 Å². The predicted molar refractivity (Wildman–Crippen MR) is 209 cm³/mol. The van der Waals surface area contributed by atoms with Crippen LogP contribution in [-0.4, -0.2) is 39.4 Å². The average Bonchev–Trinajstić information content (AvgIpc) is 3.22. The van der Waals surface area contributed by atoms with Crippen LogP contribution in [0.2, 0.25) is 0 Å². The van der Waals surface area contributed by atoms with Gasteiger partial charge in [0.2, 0.25) is 0 Å². The van der Waals surface area contributed by atoms with Crippen LogP contribution in [0.15, 0.2) is 146 Å². The lowest BCUT2D eigenvalue weighted by molar-refractivity contribution is -0.135. The van der Waals surface area contributed by atoms with E-state index >= 15 is 0 Å². The Morgan fingerprint density at radius 2 is 0.593 bits per heavy atom. The lowest BCUT2D eigenvalue weighted by atomic mass is 10.1. The molecule has 0 aliphatic rings. The summed E-state index contributed by atoms with van der Waals surface area (Å²) in [7, 11) is 3.30. The molecule has 0 heterocycles. The van der Waals surface area contributed by atoms with Crippen molar-refractivity contribution in [3.63, 3.8) is 0 Å². The molecule has 0 aliphatic heterocycles. The second kappa shape index (κ2) is 18.8. The van der Waals surface area contributed by atoms with Gasteiger partial charge >= 0.3 is 11.9 Å². The van der Waals surface area contributed by atoms with E-state index in [0.717, 1.165) is 56.4 Å². The third-order valence-corrected chi connectivity index (χ3v) is 8.65. The van der Waals surface area contributed by atoms with Crippen molar-refractivity contribution in [1.82, 2.24) is 0 Å². The number of rotatable bonds is 17. The van der Waals surface area contributed by atoms with Crippen LogP contribution >= 0.6 is 0 Å². The minimum absolute atomic E-state index is 0.235. The van der Waals surface area contributed by atoms with Gasteiger partial charge in [-0.25, -0.2) is 0 Å². The van der Waals surface area contributed by atoms with Gasteiger partial charge in [-0.15, -0.1) is 0 Å². The predicted octanol–water partition coefficient (Wildman–Crippen LogP) is 10.2. The zero-order valence-electron chi connectivity index (χ0n) is 30.4. The fourth-order valence-electron chi connectivity index (χ4n) is 5.66. The molecule has 0 atom stereocenters. The first-order chi connectivity index (χ1) is 26.4. The maximum absolute atomic E-state index is 12.4. The number of hydrogen-bond acceptors (Lipinski definition) is 8. The lowest BCUT2D eigenvalue weighted by Gasteiger charge is -2.09. The van der Waals surface area contributed by atoms with Crippen LogP contribution in [0.1, 0.15) is 25.7 Å². The highest BCUT2D eigenvalue weighted by Crippen LogP contribution is 2.28. The molecule has 8 heteroatoms. The number of hydrogen-bond donors (Lipinski definition) is 0. The summed E-state index contributed by atoms with van der Waals surface area (Å²) in [6.45, 7) is 0.801. The fraction of sp³-hybridized carbons (Fsp3) is 0.174. The Labute approximate surface area is 315 Å². The number of methoxy groups -OCH3 is 2. The molecule has 6 aromatic rings. The summed E-state index contributed by atoms with van der Waals surface area (Å²) in [6.07, 6.45) is 1.53. The molecule has 6 aromatic carbocycles. The SMILES string of the molecule is COc1ccc(-c2ccc(OCCCC(=O)Oc3ccc(-c4ccc(OC(=O)CCCOc5ccc(-c6ccc(OC)cc6)cc5)cc4)cc3)cc2)cc1. The fourth-order valence-corrected chi connectivity index (χ4v) is 5.66. The maximum atomic E-state index is 12.4. The molecule has 0 N–H and O–H groups in total. The Morgan fingerprint density at radius 1 is 0.352 bits per heavy atom. The van der Waals surface area contributed by atoms with Crippen LogP contribution in [-0.2, 0) is 9.59 Å². The summed E-state index contributed by atoms with van der Waals surface area (Å²) in [6, 6.07) is 46.1. The highest BCUT2D eigenvalue weighted by molar-refractivity contribution is 5.74. The second-order valence-electron chi connectivity index (χ2n) is 12.4. The summed E-state index contributed by atoms with van der Waals surface area (Å²) in [5.74, 6) is 3.42. The van der Waals surface area contributed by atoms with Crippen molar-refractivity contribution in [2.45, 2.75) is 25.7 Å². The van der Waals surface area contributed by atoms with Gasteiger partial charge in [-0.3, -0.25) is 9.59 Å². The standard InChI is InChI=1S/C46H42O8/c1-49-39-19-7-33(8-20-39)35-11-23-41(24-12-35)51-31-3-5-45(47)53-43-27-15-37(16-28-43)38-17-29-44(30-18-38)54-46(48)6-4-32-52-42-25-13-36(14-26-42)34-9-21-40(50-2)22-10-34/h7-30H,3-6,31-32H2,1-2H3. The Hall–Kier alpha value is -6.54. The quantitative estimate of drug-likeness (QED) is 0.0522. The number of benzene rings is 6. The Kier molecular flexibility index (Phi) is 13.0.